The molecule has 0 aliphatic rings. The molecule has 3 aromatic heterocycles. The van der Waals surface area contributed by atoms with Gasteiger partial charge in [-0.2, -0.15) is 4.68 Å². The lowest BCUT2D eigenvalue weighted by atomic mass is 10.3. The zero-order valence-electron chi connectivity index (χ0n) is 13.7. The van der Waals surface area contributed by atoms with E-state index in [1.165, 1.54) is 17.8 Å². The van der Waals surface area contributed by atoms with E-state index in [9.17, 15) is 4.79 Å². The number of thioether (sulfide) groups is 1. The molecule has 0 aliphatic carbocycles. The summed E-state index contributed by atoms with van der Waals surface area (Å²) in [5, 5.41) is 13.1. The molecule has 0 saturated heterocycles. The summed E-state index contributed by atoms with van der Waals surface area (Å²) in [6, 6.07) is 12.5. The average Bonchev–Trinajstić information content (AvgIpc) is 3.10. The molecule has 0 spiro atoms. The van der Waals surface area contributed by atoms with Crippen LogP contribution in [0.2, 0.25) is 5.02 Å². The van der Waals surface area contributed by atoms with Gasteiger partial charge in [0.15, 0.2) is 0 Å². The molecule has 0 saturated carbocycles. The number of aryl methyl sites for hydroxylation is 1. The number of pyridine rings is 1. The summed E-state index contributed by atoms with van der Waals surface area (Å²) in [7, 11) is 0. The van der Waals surface area contributed by atoms with Crippen molar-refractivity contribution in [3.63, 3.8) is 0 Å². The van der Waals surface area contributed by atoms with E-state index < -0.39 is 0 Å². The van der Waals surface area contributed by atoms with Crippen LogP contribution >= 0.6 is 23.4 Å². The summed E-state index contributed by atoms with van der Waals surface area (Å²) in [4.78, 5) is 16.9. The number of halogens is 1. The quantitative estimate of drug-likeness (QED) is 0.503. The van der Waals surface area contributed by atoms with Gasteiger partial charge in [-0.1, -0.05) is 29.4 Å². The number of rotatable bonds is 4. The Morgan fingerprint density at radius 3 is 2.81 bits per heavy atom. The van der Waals surface area contributed by atoms with E-state index >= 15 is 0 Å². The van der Waals surface area contributed by atoms with Crippen LogP contribution in [0.3, 0.4) is 0 Å². The van der Waals surface area contributed by atoms with E-state index in [0.717, 1.165) is 11.3 Å². The molecule has 0 unspecified atom stereocenters. The number of hydrogen-bond acceptors (Lipinski definition) is 6. The monoisotopic (exact) mass is 384 g/mol. The molecule has 0 atom stereocenters. The summed E-state index contributed by atoms with van der Waals surface area (Å²) >= 11 is 7.34. The zero-order chi connectivity index (χ0) is 18.1. The summed E-state index contributed by atoms with van der Waals surface area (Å²) in [6.07, 6.45) is 1.72. The Bertz CT molecular complexity index is 1140. The molecule has 130 valence electrons. The van der Waals surface area contributed by atoms with Gasteiger partial charge < -0.3 is 0 Å². The van der Waals surface area contributed by atoms with E-state index in [4.69, 9.17) is 11.6 Å². The SMILES string of the molecule is Cc1cccn2c(=O)cc(CSc3nnnn3-c3ccc(Cl)cc3)nc12. The first-order chi connectivity index (χ1) is 12.6. The summed E-state index contributed by atoms with van der Waals surface area (Å²) in [6.45, 7) is 1.93. The maximum Gasteiger partial charge on any atom is 0.258 e. The summed E-state index contributed by atoms with van der Waals surface area (Å²) in [5.41, 5.74) is 2.99. The Kier molecular flexibility index (Phi) is 4.44. The predicted octanol–water partition coefficient (Wildman–Crippen LogP) is 2.92. The summed E-state index contributed by atoms with van der Waals surface area (Å²) in [5.74, 6) is 0.480. The van der Waals surface area contributed by atoms with Crippen molar-refractivity contribution in [3.05, 3.63) is 75.3 Å². The minimum atomic E-state index is -0.105. The Labute approximate surface area is 157 Å². The lowest BCUT2D eigenvalue weighted by Gasteiger charge is -2.06. The van der Waals surface area contributed by atoms with Crippen LogP contribution in [0.15, 0.2) is 58.6 Å². The zero-order valence-corrected chi connectivity index (χ0v) is 15.3. The van der Waals surface area contributed by atoms with Crippen molar-refractivity contribution in [3.8, 4) is 5.69 Å². The fourth-order valence-electron chi connectivity index (χ4n) is 2.53. The van der Waals surface area contributed by atoms with Crippen LogP contribution in [0.25, 0.3) is 11.3 Å². The van der Waals surface area contributed by atoms with Crippen LogP contribution in [-0.2, 0) is 5.75 Å². The van der Waals surface area contributed by atoms with Crippen LogP contribution < -0.4 is 5.56 Å². The van der Waals surface area contributed by atoms with Gasteiger partial charge in [0, 0.05) is 23.0 Å². The van der Waals surface area contributed by atoms with Crippen molar-refractivity contribution in [2.45, 2.75) is 17.8 Å². The average molecular weight is 385 g/mol. The lowest BCUT2D eigenvalue weighted by Crippen LogP contribution is -2.15. The maximum atomic E-state index is 12.3. The second kappa shape index (κ2) is 6.89. The molecule has 26 heavy (non-hydrogen) atoms. The Hall–Kier alpha value is -2.71. The molecular formula is C17H13ClN6OS. The first-order valence-electron chi connectivity index (χ1n) is 7.77. The standard InChI is InChI=1S/C17H13ClN6OS/c1-11-3-2-8-23-15(25)9-13(19-16(11)23)10-26-17-20-21-22-24(17)14-6-4-12(18)5-7-14/h2-9H,10H2,1H3. The topological polar surface area (TPSA) is 78.0 Å². The highest BCUT2D eigenvalue weighted by Crippen LogP contribution is 2.22. The molecule has 0 fully saturated rings. The molecule has 7 nitrogen and oxygen atoms in total. The minimum absolute atomic E-state index is 0.105. The predicted molar refractivity (Wildman–Crippen MR) is 99.9 cm³/mol. The largest absolute Gasteiger partial charge is 0.269 e. The van der Waals surface area contributed by atoms with Gasteiger partial charge in [0.2, 0.25) is 5.16 Å². The molecular weight excluding hydrogens is 372 g/mol. The van der Waals surface area contributed by atoms with Crippen molar-refractivity contribution < 1.29 is 0 Å². The van der Waals surface area contributed by atoms with E-state index in [2.05, 4.69) is 20.5 Å². The lowest BCUT2D eigenvalue weighted by molar-refractivity contribution is 0.756. The first-order valence-corrected chi connectivity index (χ1v) is 9.13. The molecule has 4 aromatic rings. The van der Waals surface area contributed by atoms with Gasteiger partial charge in [-0.15, -0.1) is 5.10 Å². The van der Waals surface area contributed by atoms with Gasteiger partial charge >= 0.3 is 0 Å². The van der Waals surface area contributed by atoms with Crippen LogP contribution in [0, 0.1) is 6.92 Å². The Morgan fingerprint density at radius 1 is 1.19 bits per heavy atom. The Balaban J connectivity index is 1.62. The van der Waals surface area contributed by atoms with Crippen LogP contribution in [0.5, 0.6) is 0 Å². The van der Waals surface area contributed by atoms with Gasteiger partial charge in [0.25, 0.3) is 5.56 Å². The highest BCUT2D eigenvalue weighted by atomic mass is 35.5. The number of hydrogen-bond donors (Lipinski definition) is 0. The first kappa shape index (κ1) is 16.7. The van der Waals surface area contributed by atoms with E-state index in [1.807, 2.05) is 31.2 Å². The van der Waals surface area contributed by atoms with Gasteiger partial charge in [0.05, 0.1) is 11.4 Å². The molecule has 9 heteroatoms. The van der Waals surface area contributed by atoms with E-state index in [0.29, 0.717) is 27.3 Å². The minimum Gasteiger partial charge on any atom is -0.269 e. The molecule has 0 radical (unpaired) electrons. The molecule has 0 N–H and O–H groups in total. The fourth-order valence-corrected chi connectivity index (χ4v) is 3.44. The number of nitrogens with zero attached hydrogens (tertiary/aromatic N) is 6. The van der Waals surface area contributed by atoms with Crippen molar-refractivity contribution in [2.75, 3.05) is 0 Å². The van der Waals surface area contributed by atoms with Crippen molar-refractivity contribution >= 4 is 29.0 Å². The van der Waals surface area contributed by atoms with Crippen LogP contribution in [0.4, 0.5) is 0 Å². The van der Waals surface area contributed by atoms with Crippen LogP contribution in [0.1, 0.15) is 11.3 Å². The van der Waals surface area contributed by atoms with Gasteiger partial charge in [-0.05, 0) is 53.2 Å². The number of tetrazole rings is 1. The second-order valence-corrected chi connectivity index (χ2v) is 6.99. The van der Waals surface area contributed by atoms with Crippen LogP contribution in [-0.4, -0.2) is 29.6 Å². The second-order valence-electron chi connectivity index (χ2n) is 5.61. The molecule has 0 bridgehead atoms. The Morgan fingerprint density at radius 2 is 2.00 bits per heavy atom. The van der Waals surface area contributed by atoms with Crippen molar-refractivity contribution in [2.24, 2.45) is 0 Å². The number of aromatic nitrogens is 6. The summed E-state index contributed by atoms with van der Waals surface area (Å²) < 4.78 is 3.17. The van der Waals surface area contributed by atoms with Gasteiger partial charge in [0.1, 0.15) is 5.65 Å². The third-order valence-corrected chi connectivity index (χ3v) is 5.01. The van der Waals surface area contributed by atoms with Crippen molar-refractivity contribution in [1.29, 1.82) is 0 Å². The molecule has 0 amide bonds. The molecule has 4 rings (SSSR count). The van der Waals surface area contributed by atoms with E-state index in [1.54, 1.807) is 27.4 Å². The van der Waals surface area contributed by atoms with Crippen molar-refractivity contribution in [1.82, 2.24) is 29.6 Å². The third-order valence-electron chi connectivity index (χ3n) is 3.80. The smallest absolute Gasteiger partial charge is 0.258 e. The maximum absolute atomic E-state index is 12.3. The molecule has 0 aliphatic heterocycles. The highest BCUT2D eigenvalue weighted by Gasteiger charge is 2.11. The fraction of sp³-hybridized carbons (Fsp3) is 0.118. The third kappa shape index (κ3) is 3.21. The van der Waals surface area contributed by atoms with Gasteiger partial charge in [-0.3, -0.25) is 9.20 Å². The normalized spacial score (nSPS) is 11.2. The number of benzene rings is 1. The highest BCUT2D eigenvalue weighted by molar-refractivity contribution is 7.98. The molecule has 1 aromatic carbocycles. The number of fused-ring (bicyclic) bond motifs is 1. The molecule has 3 heterocycles. The van der Waals surface area contributed by atoms with E-state index in [-0.39, 0.29) is 5.56 Å². The van der Waals surface area contributed by atoms with Gasteiger partial charge in [-0.25, -0.2) is 4.98 Å².